The van der Waals surface area contributed by atoms with E-state index in [0.717, 1.165) is 10.7 Å². The van der Waals surface area contributed by atoms with Crippen LogP contribution >= 0.6 is 31.9 Å². The molecule has 1 rings (SSSR count). The zero-order valence-corrected chi connectivity index (χ0v) is 13.5. The van der Waals surface area contributed by atoms with Crippen LogP contribution in [-0.2, 0) is 9.84 Å². The Kier molecular flexibility index (Phi) is 4.80. The molecule has 0 aliphatic heterocycles. The predicted molar refractivity (Wildman–Crippen MR) is 75.9 cm³/mol. The molecule has 0 saturated carbocycles. The summed E-state index contributed by atoms with van der Waals surface area (Å²) in [5, 5.41) is 10.2. The molecule has 0 saturated heterocycles. The van der Waals surface area contributed by atoms with Crippen molar-refractivity contribution in [2.24, 2.45) is 0 Å². The van der Waals surface area contributed by atoms with Gasteiger partial charge in [-0.3, -0.25) is 0 Å². The number of aliphatic hydroxyl groups is 1. The van der Waals surface area contributed by atoms with Crippen LogP contribution in [0.1, 0.15) is 25.0 Å². The number of sulfone groups is 1. The van der Waals surface area contributed by atoms with Gasteiger partial charge in [-0.2, -0.15) is 0 Å². The van der Waals surface area contributed by atoms with Gasteiger partial charge in [0.05, 0.1) is 0 Å². The minimum Gasteiger partial charge on any atom is -0.386 e. The molecule has 0 aromatic heterocycles. The minimum atomic E-state index is -3.42. The molecule has 6 heteroatoms. The van der Waals surface area contributed by atoms with Crippen molar-refractivity contribution in [2.45, 2.75) is 23.1 Å². The molecule has 1 aromatic carbocycles. The van der Waals surface area contributed by atoms with Gasteiger partial charge >= 0.3 is 0 Å². The van der Waals surface area contributed by atoms with Crippen molar-refractivity contribution in [3.63, 3.8) is 0 Å². The summed E-state index contributed by atoms with van der Waals surface area (Å²) in [6.45, 7) is 1.72. The molecule has 0 fully saturated rings. The fourth-order valence-corrected chi connectivity index (χ4v) is 3.15. The highest BCUT2D eigenvalue weighted by Gasteiger charge is 2.44. The second-order valence-electron chi connectivity index (χ2n) is 3.87. The van der Waals surface area contributed by atoms with E-state index in [0.29, 0.717) is 5.56 Å². The topological polar surface area (TPSA) is 54.4 Å². The van der Waals surface area contributed by atoms with Crippen LogP contribution in [0, 0.1) is 0 Å². The summed E-state index contributed by atoms with van der Waals surface area (Å²) in [6, 6.07) is 6.94. The fourth-order valence-electron chi connectivity index (χ4n) is 1.55. The SMILES string of the molecule is CC[C@@](Br)([C@H](O)c1ccc(Br)cc1)S(C)(=O)=O. The summed E-state index contributed by atoms with van der Waals surface area (Å²) in [7, 11) is -3.42. The van der Waals surface area contributed by atoms with E-state index >= 15 is 0 Å². The number of halogens is 2. The van der Waals surface area contributed by atoms with Gasteiger partial charge in [0.25, 0.3) is 0 Å². The van der Waals surface area contributed by atoms with Crippen LogP contribution in [0.25, 0.3) is 0 Å². The van der Waals surface area contributed by atoms with E-state index in [1.54, 1.807) is 31.2 Å². The molecule has 0 spiro atoms. The van der Waals surface area contributed by atoms with Crippen molar-refractivity contribution in [1.29, 1.82) is 0 Å². The quantitative estimate of drug-likeness (QED) is 0.810. The number of benzene rings is 1. The first kappa shape index (κ1) is 15.1. The lowest BCUT2D eigenvalue weighted by molar-refractivity contribution is 0.160. The van der Waals surface area contributed by atoms with E-state index in [1.807, 2.05) is 0 Å². The Hall–Kier alpha value is 0.0900. The highest BCUT2D eigenvalue weighted by atomic mass is 79.9. The Bertz CT molecular complexity index is 484. The molecule has 1 aromatic rings. The lowest BCUT2D eigenvalue weighted by Gasteiger charge is -2.29. The highest BCUT2D eigenvalue weighted by Crippen LogP contribution is 2.41. The Morgan fingerprint density at radius 1 is 1.35 bits per heavy atom. The molecule has 0 amide bonds. The Morgan fingerprint density at radius 3 is 2.18 bits per heavy atom. The van der Waals surface area contributed by atoms with Crippen LogP contribution in [0.3, 0.4) is 0 Å². The molecule has 0 unspecified atom stereocenters. The number of hydrogen-bond donors (Lipinski definition) is 1. The Balaban J connectivity index is 3.19. The van der Waals surface area contributed by atoms with Crippen molar-refractivity contribution in [3.05, 3.63) is 34.3 Å². The second-order valence-corrected chi connectivity index (χ2v) is 8.99. The van der Waals surface area contributed by atoms with Gasteiger partial charge in [0.1, 0.15) is 6.10 Å². The zero-order chi connectivity index (χ0) is 13.3. The lowest BCUT2D eigenvalue weighted by Crippen LogP contribution is -2.37. The largest absolute Gasteiger partial charge is 0.386 e. The van der Waals surface area contributed by atoms with Crippen LogP contribution in [0.5, 0.6) is 0 Å². The molecule has 0 radical (unpaired) electrons. The smallest absolute Gasteiger partial charge is 0.166 e. The van der Waals surface area contributed by atoms with Crippen LogP contribution in [0.15, 0.2) is 28.7 Å². The highest BCUT2D eigenvalue weighted by molar-refractivity contribution is 9.11. The first-order chi connectivity index (χ1) is 7.72. The predicted octanol–water partition coefficient (Wildman–Crippen LogP) is 3.03. The van der Waals surface area contributed by atoms with Gasteiger partial charge in [-0.1, -0.05) is 50.9 Å². The summed E-state index contributed by atoms with van der Waals surface area (Å²) in [5.74, 6) is 0. The molecule has 0 heterocycles. The molecule has 0 aliphatic rings. The van der Waals surface area contributed by atoms with E-state index in [9.17, 15) is 13.5 Å². The van der Waals surface area contributed by atoms with Crippen LogP contribution in [-0.4, -0.2) is 23.4 Å². The second kappa shape index (κ2) is 5.38. The maximum absolute atomic E-state index is 11.7. The molecule has 1 N–H and O–H groups in total. The number of hydrogen-bond acceptors (Lipinski definition) is 3. The summed E-state index contributed by atoms with van der Waals surface area (Å²) < 4.78 is 23.0. The van der Waals surface area contributed by atoms with Gasteiger partial charge in [0.15, 0.2) is 13.5 Å². The van der Waals surface area contributed by atoms with Gasteiger partial charge in [-0.25, -0.2) is 8.42 Å². The van der Waals surface area contributed by atoms with Gasteiger partial charge in [0.2, 0.25) is 0 Å². The number of rotatable bonds is 4. The fraction of sp³-hybridized carbons (Fsp3) is 0.455. The van der Waals surface area contributed by atoms with Gasteiger partial charge in [-0.15, -0.1) is 0 Å². The average Bonchev–Trinajstić information content (AvgIpc) is 2.26. The molecule has 17 heavy (non-hydrogen) atoms. The van der Waals surface area contributed by atoms with Crippen LogP contribution in [0.4, 0.5) is 0 Å². The van der Waals surface area contributed by atoms with E-state index in [2.05, 4.69) is 31.9 Å². The number of alkyl halides is 1. The molecular formula is C11H14Br2O3S. The maximum atomic E-state index is 11.7. The van der Waals surface area contributed by atoms with Gasteiger partial charge in [-0.05, 0) is 24.1 Å². The minimum absolute atomic E-state index is 0.281. The summed E-state index contributed by atoms with van der Waals surface area (Å²) in [4.78, 5) is 0. The standard InChI is InChI=1S/C11H14Br2O3S/c1-3-11(13,17(2,15)16)10(14)8-4-6-9(12)7-5-8/h4-7,10,14H,3H2,1-2H3/t10-,11+/m1/s1. The van der Waals surface area contributed by atoms with E-state index in [4.69, 9.17) is 0 Å². The summed E-state index contributed by atoms with van der Waals surface area (Å²) in [6.07, 6.45) is 0.298. The normalized spacial score (nSPS) is 17.5. The molecule has 0 aliphatic carbocycles. The average molecular weight is 386 g/mol. The van der Waals surface area contributed by atoms with Gasteiger partial charge < -0.3 is 5.11 Å². The summed E-state index contributed by atoms with van der Waals surface area (Å²) in [5.41, 5.74) is 0.567. The van der Waals surface area contributed by atoms with Crippen molar-refractivity contribution >= 4 is 41.7 Å². The van der Waals surface area contributed by atoms with Crippen molar-refractivity contribution < 1.29 is 13.5 Å². The third-order valence-electron chi connectivity index (χ3n) is 2.69. The van der Waals surface area contributed by atoms with Crippen LogP contribution < -0.4 is 0 Å². The van der Waals surface area contributed by atoms with Crippen LogP contribution in [0.2, 0.25) is 0 Å². The van der Waals surface area contributed by atoms with E-state index in [-0.39, 0.29) is 6.42 Å². The third-order valence-corrected chi connectivity index (χ3v) is 7.72. The monoisotopic (exact) mass is 384 g/mol. The van der Waals surface area contributed by atoms with E-state index < -0.39 is 19.6 Å². The molecule has 2 atom stereocenters. The summed E-state index contributed by atoms with van der Waals surface area (Å²) >= 11 is 6.47. The molecule has 96 valence electrons. The Labute approximate surface area is 118 Å². The van der Waals surface area contributed by atoms with Crippen molar-refractivity contribution in [1.82, 2.24) is 0 Å². The van der Waals surface area contributed by atoms with Crippen molar-refractivity contribution in [2.75, 3.05) is 6.26 Å². The zero-order valence-electron chi connectivity index (χ0n) is 9.52. The maximum Gasteiger partial charge on any atom is 0.166 e. The first-order valence-corrected chi connectivity index (χ1v) is 8.52. The van der Waals surface area contributed by atoms with Crippen molar-refractivity contribution in [3.8, 4) is 0 Å². The molecular weight excluding hydrogens is 372 g/mol. The van der Waals surface area contributed by atoms with E-state index in [1.165, 1.54) is 0 Å². The first-order valence-electron chi connectivity index (χ1n) is 5.04. The molecule has 3 nitrogen and oxygen atoms in total. The Morgan fingerprint density at radius 2 is 1.82 bits per heavy atom. The molecule has 0 bridgehead atoms. The number of aliphatic hydroxyl groups excluding tert-OH is 1. The third kappa shape index (κ3) is 3.10. The lowest BCUT2D eigenvalue weighted by atomic mass is 10.1. The van der Waals surface area contributed by atoms with Gasteiger partial charge in [0, 0.05) is 10.7 Å².